The van der Waals surface area contributed by atoms with E-state index >= 15 is 0 Å². The van der Waals surface area contributed by atoms with Gasteiger partial charge < -0.3 is 5.73 Å². The average molecular weight is 256 g/mol. The van der Waals surface area contributed by atoms with Gasteiger partial charge in [0.05, 0.1) is 11.2 Å². The van der Waals surface area contributed by atoms with Crippen molar-refractivity contribution in [2.75, 3.05) is 5.73 Å². The Bertz CT molecular complexity index is 542. The van der Waals surface area contributed by atoms with E-state index in [2.05, 4.69) is 11.2 Å². The van der Waals surface area contributed by atoms with Crippen molar-refractivity contribution in [1.29, 1.82) is 5.26 Å². The lowest BCUT2D eigenvalue weighted by Crippen LogP contribution is -2.52. The molecule has 0 aromatic carbocycles. The highest BCUT2D eigenvalue weighted by Crippen LogP contribution is 2.59. The molecule has 100 valence electrons. The maximum atomic E-state index is 9.21. The normalized spacial score (nSPS) is 39.5. The van der Waals surface area contributed by atoms with Gasteiger partial charge in [-0.3, -0.25) is 0 Å². The lowest BCUT2D eigenvalue weighted by Gasteiger charge is -2.56. The standard InChI is InChI=1S/C15H20N4/c1-9-13(8-16)14(17)19(18-9)15-5-10-2-11(6-15)4-12(3-10)7-15/h10-12H,2-7,17H2,1H3. The summed E-state index contributed by atoms with van der Waals surface area (Å²) in [5.74, 6) is 3.18. The third-order valence-corrected chi connectivity index (χ3v) is 5.66. The van der Waals surface area contributed by atoms with Crippen LogP contribution in [0.15, 0.2) is 0 Å². The van der Waals surface area contributed by atoms with E-state index in [0.29, 0.717) is 11.4 Å². The number of aromatic nitrogens is 2. The Kier molecular flexibility index (Phi) is 2.11. The van der Waals surface area contributed by atoms with Crippen LogP contribution in [0.3, 0.4) is 0 Å². The first-order valence-electron chi connectivity index (χ1n) is 7.37. The molecule has 4 bridgehead atoms. The predicted molar refractivity (Wildman–Crippen MR) is 72.2 cm³/mol. The molecule has 4 aliphatic carbocycles. The number of anilines is 1. The molecular formula is C15H20N4. The molecule has 4 heteroatoms. The van der Waals surface area contributed by atoms with Gasteiger partial charge in [-0.2, -0.15) is 10.4 Å². The molecule has 5 rings (SSSR count). The maximum absolute atomic E-state index is 9.21. The van der Waals surface area contributed by atoms with Crippen molar-refractivity contribution in [3.8, 4) is 6.07 Å². The Balaban J connectivity index is 1.82. The summed E-state index contributed by atoms with van der Waals surface area (Å²) in [6, 6.07) is 2.21. The smallest absolute Gasteiger partial charge is 0.140 e. The maximum Gasteiger partial charge on any atom is 0.140 e. The molecule has 0 unspecified atom stereocenters. The fourth-order valence-corrected chi connectivity index (χ4v) is 5.37. The van der Waals surface area contributed by atoms with E-state index in [-0.39, 0.29) is 5.54 Å². The van der Waals surface area contributed by atoms with E-state index in [1.165, 1.54) is 38.5 Å². The minimum atomic E-state index is 0.124. The van der Waals surface area contributed by atoms with Crippen LogP contribution in [0.25, 0.3) is 0 Å². The Morgan fingerprint density at radius 2 is 1.74 bits per heavy atom. The molecule has 0 saturated heterocycles. The molecule has 4 aliphatic rings. The van der Waals surface area contributed by atoms with Crippen molar-refractivity contribution >= 4 is 5.82 Å². The number of nitrogen functional groups attached to an aromatic ring is 1. The lowest BCUT2D eigenvalue weighted by atomic mass is 9.53. The molecule has 1 aromatic rings. The van der Waals surface area contributed by atoms with Crippen molar-refractivity contribution in [3.63, 3.8) is 0 Å². The van der Waals surface area contributed by atoms with Gasteiger partial charge in [0.15, 0.2) is 0 Å². The van der Waals surface area contributed by atoms with E-state index in [0.717, 1.165) is 23.4 Å². The highest BCUT2D eigenvalue weighted by molar-refractivity contribution is 5.52. The van der Waals surface area contributed by atoms with Crippen LogP contribution in [0.1, 0.15) is 49.8 Å². The largest absolute Gasteiger partial charge is 0.383 e. The van der Waals surface area contributed by atoms with E-state index in [1.807, 2.05) is 11.6 Å². The van der Waals surface area contributed by atoms with Crippen molar-refractivity contribution in [2.24, 2.45) is 17.8 Å². The highest BCUT2D eigenvalue weighted by atomic mass is 15.4. The molecular weight excluding hydrogens is 236 g/mol. The van der Waals surface area contributed by atoms with Gasteiger partial charge in [-0.15, -0.1) is 0 Å². The minimum Gasteiger partial charge on any atom is -0.383 e. The zero-order valence-electron chi connectivity index (χ0n) is 11.4. The number of hydrogen-bond acceptors (Lipinski definition) is 3. The summed E-state index contributed by atoms with van der Waals surface area (Å²) in [4.78, 5) is 0. The van der Waals surface area contributed by atoms with Crippen LogP contribution >= 0.6 is 0 Å². The zero-order valence-corrected chi connectivity index (χ0v) is 11.4. The van der Waals surface area contributed by atoms with Crippen LogP contribution < -0.4 is 5.73 Å². The molecule has 0 spiro atoms. The second-order valence-electron chi connectivity index (χ2n) is 7.01. The molecule has 4 nitrogen and oxygen atoms in total. The monoisotopic (exact) mass is 256 g/mol. The summed E-state index contributed by atoms with van der Waals surface area (Å²) in [7, 11) is 0. The summed E-state index contributed by atoms with van der Waals surface area (Å²) in [6.07, 6.45) is 7.87. The van der Waals surface area contributed by atoms with Gasteiger partial charge in [0.1, 0.15) is 17.5 Å². The Morgan fingerprint density at radius 3 is 2.16 bits per heavy atom. The van der Waals surface area contributed by atoms with Crippen LogP contribution in [0, 0.1) is 36.0 Å². The topological polar surface area (TPSA) is 67.6 Å². The summed E-state index contributed by atoms with van der Waals surface area (Å²) >= 11 is 0. The number of hydrogen-bond donors (Lipinski definition) is 1. The van der Waals surface area contributed by atoms with Gasteiger partial charge in [-0.25, -0.2) is 4.68 Å². The number of nitriles is 1. The van der Waals surface area contributed by atoms with Crippen LogP contribution in [0.5, 0.6) is 0 Å². The molecule has 4 fully saturated rings. The molecule has 1 heterocycles. The Hall–Kier alpha value is -1.50. The summed E-state index contributed by atoms with van der Waals surface area (Å²) in [5.41, 5.74) is 7.70. The predicted octanol–water partition coefficient (Wildman–Crippen LogP) is 2.57. The SMILES string of the molecule is Cc1nn(C23CC4CC(CC(C4)C2)C3)c(N)c1C#N. The first-order valence-corrected chi connectivity index (χ1v) is 7.37. The molecule has 19 heavy (non-hydrogen) atoms. The van der Waals surface area contributed by atoms with E-state index in [9.17, 15) is 5.26 Å². The van der Waals surface area contributed by atoms with E-state index < -0.39 is 0 Å². The summed E-state index contributed by atoms with van der Waals surface area (Å²) < 4.78 is 2.03. The second-order valence-corrected chi connectivity index (χ2v) is 7.01. The van der Waals surface area contributed by atoms with Crippen molar-refractivity contribution in [2.45, 2.75) is 51.0 Å². The average Bonchev–Trinajstić information content (AvgIpc) is 2.63. The number of nitrogens with zero attached hydrogens (tertiary/aromatic N) is 3. The number of rotatable bonds is 1. The third-order valence-electron chi connectivity index (χ3n) is 5.66. The fraction of sp³-hybridized carbons (Fsp3) is 0.733. The third kappa shape index (κ3) is 1.42. The molecule has 4 saturated carbocycles. The van der Waals surface area contributed by atoms with Crippen LogP contribution in [-0.4, -0.2) is 9.78 Å². The minimum absolute atomic E-state index is 0.124. The first-order chi connectivity index (χ1) is 9.11. The van der Waals surface area contributed by atoms with Gasteiger partial charge in [0.25, 0.3) is 0 Å². The van der Waals surface area contributed by atoms with Crippen molar-refractivity contribution in [3.05, 3.63) is 11.3 Å². The number of aryl methyl sites for hydroxylation is 1. The molecule has 0 aliphatic heterocycles. The fourth-order valence-electron chi connectivity index (χ4n) is 5.37. The van der Waals surface area contributed by atoms with E-state index in [1.54, 1.807) is 0 Å². The lowest BCUT2D eigenvalue weighted by molar-refractivity contribution is -0.0482. The van der Waals surface area contributed by atoms with Gasteiger partial charge in [0.2, 0.25) is 0 Å². The molecule has 0 atom stereocenters. The van der Waals surface area contributed by atoms with Gasteiger partial charge in [-0.1, -0.05) is 0 Å². The molecule has 2 N–H and O–H groups in total. The van der Waals surface area contributed by atoms with Gasteiger partial charge >= 0.3 is 0 Å². The summed E-state index contributed by atoms with van der Waals surface area (Å²) in [6.45, 7) is 1.89. The first kappa shape index (κ1) is 11.3. The van der Waals surface area contributed by atoms with Crippen molar-refractivity contribution in [1.82, 2.24) is 9.78 Å². The van der Waals surface area contributed by atoms with Gasteiger partial charge in [0, 0.05) is 0 Å². The molecule has 0 radical (unpaired) electrons. The number of nitrogens with two attached hydrogens (primary N) is 1. The molecule has 0 amide bonds. The highest BCUT2D eigenvalue weighted by Gasteiger charge is 2.53. The van der Waals surface area contributed by atoms with Crippen LogP contribution in [0.4, 0.5) is 5.82 Å². The quantitative estimate of drug-likeness (QED) is 0.839. The summed E-state index contributed by atoms with van der Waals surface area (Å²) in [5, 5.41) is 13.9. The Morgan fingerprint density at radius 1 is 1.21 bits per heavy atom. The van der Waals surface area contributed by atoms with Crippen LogP contribution in [-0.2, 0) is 5.54 Å². The Labute approximate surface area is 113 Å². The molecule has 1 aromatic heterocycles. The van der Waals surface area contributed by atoms with Gasteiger partial charge in [-0.05, 0) is 63.2 Å². The van der Waals surface area contributed by atoms with Crippen LogP contribution in [0.2, 0.25) is 0 Å². The zero-order chi connectivity index (χ0) is 13.2. The van der Waals surface area contributed by atoms with Crippen molar-refractivity contribution < 1.29 is 0 Å². The second kappa shape index (κ2) is 3.53. The van der Waals surface area contributed by atoms with E-state index in [4.69, 9.17) is 5.73 Å².